The largest absolute Gasteiger partial charge is 0.357 e. The third-order valence-corrected chi connectivity index (χ3v) is 3.20. The Bertz CT molecular complexity index is 584. The lowest BCUT2D eigenvalue weighted by Gasteiger charge is -2.14. The maximum absolute atomic E-state index is 11.9. The number of guanidine groups is 1. The zero-order valence-electron chi connectivity index (χ0n) is 14.8. The van der Waals surface area contributed by atoms with E-state index in [-0.39, 0.29) is 18.4 Å². The Morgan fingerprint density at radius 3 is 2.42 bits per heavy atom. The predicted molar refractivity (Wildman–Crippen MR) is 96.0 cm³/mol. The second-order valence-electron chi connectivity index (χ2n) is 5.40. The van der Waals surface area contributed by atoms with Crippen molar-refractivity contribution in [3.63, 3.8) is 0 Å². The molecule has 0 aliphatic rings. The molecule has 0 aliphatic heterocycles. The van der Waals surface area contributed by atoms with Gasteiger partial charge in [0.05, 0.1) is 13.1 Å². The van der Waals surface area contributed by atoms with Crippen LogP contribution in [0, 0.1) is 0 Å². The van der Waals surface area contributed by atoms with E-state index in [9.17, 15) is 9.59 Å². The molecule has 7 heteroatoms. The summed E-state index contributed by atoms with van der Waals surface area (Å²) in [6, 6.07) is 7.35. The molecule has 0 heterocycles. The van der Waals surface area contributed by atoms with E-state index in [0.29, 0.717) is 31.2 Å². The van der Waals surface area contributed by atoms with E-state index >= 15 is 0 Å². The average Bonchev–Trinajstić information content (AvgIpc) is 2.57. The van der Waals surface area contributed by atoms with Crippen molar-refractivity contribution in [3.05, 3.63) is 35.4 Å². The van der Waals surface area contributed by atoms with Crippen LogP contribution in [0.25, 0.3) is 0 Å². The number of nitrogens with one attached hydrogen (secondary N) is 3. The van der Waals surface area contributed by atoms with Gasteiger partial charge in [-0.3, -0.25) is 9.59 Å². The average molecular weight is 333 g/mol. The molecule has 3 N–H and O–H groups in total. The number of benzene rings is 1. The van der Waals surface area contributed by atoms with Crippen LogP contribution >= 0.6 is 0 Å². The van der Waals surface area contributed by atoms with Gasteiger partial charge in [0.1, 0.15) is 0 Å². The van der Waals surface area contributed by atoms with Gasteiger partial charge in [-0.15, -0.1) is 0 Å². The molecule has 0 bridgehead atoms. The maximum atomic E-state index is 11.9. The number of carbonyl (C=O) groups is 2. The molecule has 0 radical (unpaired) electrons. The minimum Gasteiger partial charge on any atom is -0.357 e. The van der Waals surface area contributed by atoms with Gasteiger partial charge < -0.3 is 20.9 Å². The number of amides is 2. The normalized spacial score (nSPS) is 10.9. The highest BCUT2D eigenvalue weighted by Gasteiger charge is 2.06. The fourth-order valence-electron chi connectivity index (χ4n) is 1.90. The molecular formula is C17H27N5O2. The number of rotatable bonds is 7. The molecule has 0 unspecified atom stereocenters. The van der Waals surface area contributed by atoms with Crippen LogP contribution in [-0.4, -0.2) is 56.4 Å². The smallest absolute Gasteiger partial charge is 0.251 e. The highest BCUT2D eigenvalue weighted by molar-refractivity contribution is 5.94. The summed E-state index contributed by atoms with van der Waals surface area (Å²) < 4.78 is 0. The highest BCUT2D eigenvalue weighted by atomic mass is 16.2. The van der Waals surface area contributed by atoms with Crippen LogP contribution in [0.15, 0.2) is 29.3 Å². The minimum absolute atomic E-state index is 0.0289. The van der Waals surface area contributed by atoms with E-state index in [2.05, 4.69) is 20.9 Å². The molecule has 0 spiro atoms. The van der Waals surface area contributed by atoms with Crippen molar-refractivity contribution in [2.45, 2.75) is 20.4 Å². The van der Waals surface area contributed by atoms with E-state index in [0.717, 1.165) is 5.56 Å². The van der Waals surface area contributed by atoms with E-state index in [4.69, 9.17) is 0 Å². The number of aliphatic imine (C=N–C) groups is 1. The van der Waals surface area contributed by atoms with Gasteiger partial charge in [0.2, 0.25) is 5.91 Å². The Kier molecular flexibility index (Phi) is 8.32. The first-order chi connectivity index (χ1) is 11.5. The standard InChI is InChI=1S/C17H27N5O2/c1-5-18-16(24)14-9-7-8-13(10-14)11-20-17(19-6-2)21-12-15(23)22(3)4/h7-10H,5-6,11-12H2,1-4H3,(H,18,24)(H2,19,20,21). The van der Waals surface area contributed by atoms with Crippen molar-refractivity contribution >= 4 is 17.8 Å². The first-order valence-electron chi connectivity index (χ1n) is 8.07. The van der Waals surface area contributed by atoms with Crippen molar-refractivity contribution in [2.75, 3.05) is 33.7 Å². The number of hydrogen-bond acceptors (Lipinski definition) is 3. The van der Waals surface area contributed by atoms with Crippen LogP contribution in [0.3, 0.4) is 0 Å². The molecule has 1 rings (SSSR count). The van der Waals surface area contributed by atoms with Crippen molar-refractivity contribution in [2.24, 2.45) is 4.99 Å². The third-order valence-electron chi connectivity index (χ3n) is 3.20. The summed E-state index contributed by atoms with van der Waals surface area (Å²) >= 11 is 0. The SMILES string of the molecule is CCNC(=O)c1cccc(CN=C(NCC)NCC(=O)N(C)C)c1. The summed E-state index contributed by atoms with van der Waals surface area (Å²) in [4.78, 5) is 29.5. The van der Waals surface area contributed by atoms with Crippen LogP contribution in [0.4, 0.5) is 0 Å². The first kappa shape index (κ1) is 19.5. The molecule has 0 atom stereocenters. The Morgan fingerprint density at radius 1 is 1.08 bits per heavy atom. The van der Waals surface area contributed by atoms with Crippen LogP contribution in [0.2, 0.25) is 0 Å². The summed E-state index contributed by atoms with van der Waals surface area (Å²) in [5.41, 5.74) is 1.54. The summed E-state index contributed by atoms with van der Waals surface area (Å²) in [5, 5.41) is 8.87. The predicted octanol–water partition coefficient (Wildman–Crippen LogP) is 0.580. The number of carbonyl (C=O) groups excluding carboxylic acids is 2. The van der Waals surface area contributed by atoms with Gasteiger partial charge in [-0.25, -0.2) is 4.99 Å². The van der Waals surface area contributed by atoms with Crippen LogP contribution in [0.1, 0.15) is 29.8 Å². The van der Waals surface area contributed by atoms with E-state index in [1.165, 1.54) is 4.90 Å². The van der Waals surface area contributed by atoms with Gasteiger partial charge >= 0.3 is 0 Å². The lowest BCUT2D eigenvalue weighted by atomic mass is 10.1. The van der Waals surface area contributed by atoms with Crippen LogP contribution in [0.5, 0.6) is 0 Å². The zero-order chi connectivity index (χ0) is 17.9. The van der Waals surface area contributed by atoms with Crippen molar-refractivity contribution in [3.8, 4) is 0 Å². The van der Waals surface area contributed by atoms with Crippen molar-refractivity contribution in [1.29, 1.82) is 0 Å². The monoisotopic (exact) mass is 333 g/mol. The van der Waals surface area contributed by atoms with Gasteiger partial charge in [-0.05, 0) is 31.5 Å². The minimum atomic E-state index is -0.0926. The third kappa shape index (κ3) is 6.68. The molecule has 0 fully saturated rings. The quantitative estimate of drug-likeness (QED) is 0.503. The molecule has 24 heavy (non-hydrogen) atoms. The molecule has 2 amide bonds. The molecule has 0 saturated heterocycles. The van der Waals surface area contributed by atoms with Crippen LogP contribution < -0.4 is 16.0 Å². The second-order valence-corrected chi connectivity index (χ2v) is 5.40. The molecule has 1 aromatic rings. The number of likely N-dealkylation sites (N-methyl/N-ethyl adjacent to an activating group) is 1. The van der Waals surface area contributed by atoms with E-state index in [1.807, 2.05) is 32.0 Å². The van der Waals surface area contributed by atoms with Gasteiger partial charge in [0.25, 0.3) is 5.91 Å². The molecule has 0 aromatic heterocycles. The Morgan fingerprint density at radius 2 is 1.79 bits per heavy atom. The Hall–Kier alpha value is -2.57. The number of hydrogen-bond donors (Lipinski definition) is 3. The van der Waals surface area contributed by atoms with Crippen molar-refractivity contribution < 1.29 is 9.59 Å². The lowest BCUT2D eigenvalue weighted by molar-refractivity contribution is -0.127. The molecule has 7 nitrogen and oxygen atoms in total. The maximum Gasteiger partial charge on any atom is 0.251 e. The summed E-state index contributed by atoms with van der Waals surface area (Å²) in [7, 11) is 3.42. The van der Waals surface area contributed by atoms with E-state index in [1.54, 1.807) is 20.2 Å². The Balaban J connectivity index is 2.73. The van der Waals surface area contributed by atoms with Gasteiger partial charge in [-0.1, -0.05) is 12.1 Å². The molecule has 0 aliphatic carbocycles. The topological polar surface area (TPSA) is 85.8 Å². The van der Waals surface area contributed by atoms with Crippen molar-refractivity contribution in [1.82, 2.24) is 20.9 Å². The summed E-state index contributed by atoms with van der Waals surface area (Å²) in [6.07, 6.45) is 0. The molecule has 132 valence electrons. The number of nitrogens with zero attached hydrogens (tertiary/aromatic N) is 2. The van der Waals surface area contributed by atoms with Gasteiger partial charge in [-0.2, -0.15) is 0 Å². The molecule has 0 saturated carbocycles. The van der Waals surface area contributed by atoms with Gasteiger partial charge in [0.15, 0.2) is 5.96 Å². The lowest BCUT2D eigenvalue weighted by Crippen LogP contribution is -2.42. The molecule has 1 aromatic carbocycles. The van der Waals surface area contributed by atoms with Crippen LogP contribution in [-0.2, 0) is 11.3 Å². The first-order valence-corrected chi connectivity index (χ1v) is 8.07. The Labute approximate surface area is 143 Å². The highest BCUT2D eigenvalue weighted by Crippen LogP contribution is 2.06. The van der Waals surface area contributed by atoms with E-state index < -0.39 is 0 Å². The van der Waals surface area contributed by atoms with Gasteiger partial charge in [0, 0.05) is 32.7 Å². The fraction of sp³-hybridized carbons (Fsp3) is 0.471. The zero-order valence-corrected chi connectivity index (χ0v) is 14.8. The molecular weight excluding hydrogens is 306 g/mol. The second kappa shape index (κ2) is 10.3. The summed E-state index contributed by atoms with van der Waals surface area (Å²) in [5.74, 6) is 0.444. The fourth-order valence-corrected chi connectivity index (χ4v) is 1.90. The summed E-state index contributed by atoms with van der Waals surface area (Å²) in [6.45, 7) is 5.73.